The Kier molecular flexibility index (Phi) is 5.09. The third-order valence-electron chi connectivity index (χ3n) is 5.15. The predicted octanol–water partition coefficient (Wildman–Crippen LogP) is 4.97. The third kappa shape index (κ3) is 3.52. The Hall–Kier alpha value is -2.99. The van der Waals surface area contributed by atoms with E-state index in [2.05, 4.69) is 15.9 Å². The van der Waals surface area contributed by atoms with E-state index in [1.54, 1.807) is 24.3 Å². The van der Waals surface area contributed by atoms with Crippen LogP contribution in [0, 0.1) is 0 Å². The Morgan fingerprint density at radius 1 is 0.933 bits per heavy atom. The zero-order valence-corrected chi connectivity index (χ0v) is 17.7. The molecule has 2 aliphatic heterocycles. The molecule has 0 radical (unpaired) electrons. The minimum Gasteiger partial charge on any atom is -0.492 e. The number of rotatable bonds is 5. The molecule has 0 saturated heterocycles. The van der Waals surface area contributed by atoms with Gasteiger partial charge in [0, 0.05) is 17.5 Å². The lowest BCUT2D eigenvalue weighted by molar-refractivity contribution is 0.103. The third-order valence-corrected chi connectivity index (χ3v) is 5.74. The Labute approximate surface area is 182 Å². The van der Waals surface area contributed by atoms with Gasteiger partial charge in [0.05, 0.1) is 16.6 Å². The smallest absolute Gasteiger partial charge is 0.196 e. The summed E-state index contributed by atoms with van der Waals surface area (Å²) in [5.41, 5.74) is 3.04. The van der Waals surface area contributed by atoms with Crippen LogP contribution >= 0.6 is 15.9 Å². The van der Waals surface area contributed by atoms with Gasteiger partial charge in [-0.25, -0.2) is 0 Å². The number of hydrogen-bond donors (Lipinski definition) is 0. The SMILES string of the molecule is O=C(c1ccc2c(c1)OCCO2)c1cc(Br)c(OCc2ccccc2)c2c1OCC2. The molecule has 152 valence electrons. The minimum atomic E-state index is -0.125. The van der Waals surface area contributed by atoms with Crippen molar-refractivity contribution in [2.24, 2.45) is 0 Å². The van der Waals surface area contributed by atoms with Crippen LogP contribution in [0.4, 0.5) is 0 Å². The topological polar surface area (TPSA) is 54.0 Å². The Bertz CT molecular complexity index is 1110. The number of ketones is 1. The van der Waals surface area contributed by atoms with E-state index in [1.165, 1.54) is 0 Å². The number of benzene rings is 3. The second kappa shape index (κ2) is 8.03. The zero-order valence-electron chi connectivity index (χ0n) is 16.2. The van der Waals surface area contributed by atoms with Gasteiger partial charge in [-0.15, -0.1) is 0 Å². The number of fused-ring (bicyclic) bond motifs is 2. The molecule has 2 heterocycles. The average Bonchev–Trinajstić information content (AvgIpc) is 3.27. The number of halogens is 1. The Morgan fingerprint density at radius 3 is 2.57 bits per heavy atom. The summed E-state index contributed by atoms with van der Waals surface area (Å²) in [6.07, 6.45) is 0.695. The highest BCUT2D eigenvalue weighted by Crippen LogP contribution is 2.43. The molecule has 5 nitrogen and oxygen atoms in total. The maximum atomic E-state index is 13.3. The largest absolute Gasteiger partial charge is 0.492 e. The maximum Gasteiger partial charge on any atom is 0.196 e. The highest BCUT2D eigenvalue weighted by atomic mass is 79.9. The fourth-order valence-corrected chi connectivity index (χ4v) is 4.29. The molecule has 0 bridgehead atoms. The van der Waals surface area contributed by atoms with Gasteiger partial charge in [-0.1, -0.05) is 30.3 Å². The van der Waals surface area contributed by atoms with E-state index in [9.17, 15) is 4.79 Å². The van der Waals surface area contributed by atoms with Gasteiger partial charge < -0.3 is 18.9 Å². The van der Waals surface area contributed by atoms with Gasteiger partial charge in [-0.2, -0.15) is 0 Å². The molecule has 30 heavy (non-hydrogen) atoms. The average molecular weight is 467 g/mol. The van der Waals surface area contributed by atoms with E-state index in [1.807, 2.05) is 30.3 Å². The molecular formula is C24H19BrO5. The molecule has 0 fully saturated rings. The second-order valence-electron chi connectivity index (χ2n) is 7.10. The monoisotopic (exact) mass is 466 g/mol. The van der Waals surface area contributed by atoms with Crippen molar-refractivity contribution in [2.45, 2.75) is 13.0 Å². The van der Waals surface area contributed by atoms with Crippen molar-refractivity contribution in [3.63, 3.8) is 0 Å². The van der Waals surface area contributed by atoms with E-state index in [0.717, 1.165) is 21.3 Å². The van der Waals surface area contributed by atoms with Crippen LogP contribution in [0.2, 0.25) is 0 Å². The summed E-state index contributed by atoms with van der Waals surface area (Å²) in [5, 5.41) is 0. The summed E-state index contributed by atoms with van der Waals surface area (Å²) >= 11 is 3.60. The predicted molar refractivity (Wildman–Crippen MR) is 115 cm³/mol. The van der Waals surface area contributed by atoms with Gasteiger partial charge in [-0.05, 0) is 45.8 Å². The number of ether oxygens (including phenoxy) is 4. The first-order valence-corrected chi connectivity index (χ1v) is 10.6. The van der Waals surface area contributed by atoms with Crippen molar-refractivity contribution in [2.75, 3.05) is 19.8 Å². The Balaban J connectivity index is 1.47. The molecule has 2 aliphatic rings. The fourth-order valence-electron chi connectivity index (χ4n) is 3.71. The molecule has 0 spiro atoms. The molecule has 0 N–H and O–H groups in total. The molecule has 6 heteroatoms. The lowest BCUT2D eigenvalue weighted by atomic mass is 9.98. The molecule has 0 unspecified atom stereocenters. The van der Waals surface area contributed by atoms with Crippen LogP contribution in [-0.4, -0.2) is 25.6 Å². The van der Waals surface area contributed by atoms with Gasteiger partial charge >= 0.3 is 0 Å². The molecule has 0 atom stereocenters. The van der Waals surface area contributed by atoms with Crippen LogP contribution in [0.25, 0.3) is 0 Å². The molecule has 3 aromatic carbocycles. The van der Waals surface area contributed by atoms with Crippen molar-refractivity contribution >= 4 is 21.7 Å². The molecule has 0 aromatic heterocycles. The molecule has 0 aliphatic carbocycles. The standard InChI is InChI=1S/C24H19BrO5/c25-19-13-18(22(26)16-6-7-20-21(12-16)28-11-10-27-20)23-17(8-9-29-23)24(19)30-14-15-4-2-1-3-5-15/h1-7,12-13H,8-11,14H2. The van der Waals surface area contributed by atoms with Crippen molar-refractivity contribution in [1.29, 1.82) is 0 Å². The van der Waals surface area contributed by atoms with E-state index in [-0.39, 0.29) is 5.78 Å². The van der Waals surface area contributed by atoms with Gasteiger partial charge in [0.2, 0.25) is 0 Å². The van der Waals surface area contributed by atoms with E-state index in [4.69, 9.17) is 18.9 Å². The maximum absolute atomic E-state index is 13.3. The Morgan fingerprint density at radius 2 is 1.73 bits per heavy atom. The summed E-state index contributed by atoms with van der Waals surface area (Å²) in [7, 11) is 0. The van der Waals surface area contributed by atoms with E-state index in [0.29, 0.717) is 61.2 Å². The molecular weight excluding hydrogens is 448 g/mol. The van der Waals surface area contributed by atoms with Gasteiger partial charge in [0.1, 0.15) is 31.3 Å². The van der Waals surface area contributed by atoms with Crippen LogP contribution in [0.15, 0.2) is 59.1 Å². The van der Waals surface area contributed by atoms with E-state index >= 15 is 0 Å². The lowest BCUT2D eigenvalue weighted by Gasteiger charge is -2.19. The van der Waals surface area contributed by atoms with Crippen molar-refractivity contribution in [3.8, 4) is 23.0 Å². The van der Waals surface area contributed by atoms with Crippen molar-refractivity contribution < 1.29 is 23.7 Å². The van der Waals surface area contributed by atoms with E-state index < -0.39 is 0 Å². The van der Waals surface area contributed by atoms with Crippen LogP contribution in [0.5, 0.6) is 23.0 Å². The first-order valence-electron chi connectivity index (χ1n) is 9.80. The van der Waals surface area contributed by atoms with Gasteiger partial charge in [0.25, 0.3) is 0 Å². The summed E-state index contributed by atoms with van der Waals surface area (Å²) in [6, 6.07) is 17.0. The highest BCUT2D eigenvalue weighted by Gasteiger charge is 2.28. The molecule has 5 rings (SSSR count). The number of carbonyl (C=O) groups is 1. The zero-order chi connectivity index (χ0) is 20.5. The van der Waals surface area contributed by atoms with Crippen LogP contribution in [0.1, 0.15) is 27.0 Å². The normalized spacial score (nSPS) is 14.0. The summed E-state index contributed by atoms with van der Waals surface area (Å²) in [5.74, 6) is 2.45. The van der Waals surface area contributed by atoms with Gasteiger partial charge in [0.15, 0.2) is 17.3 Å². The number of carbonyl (C=O) groups excluding carboxylic acids is 1. The quantitative estimate of drug-likeness (QED) is 0.497. The van der Waals surface area contributed by atoms with Crippen LogP contribution in [-0.2, 0) is 13.0 Å². The second-order valence-corrected chi connectivity index (χ2v) is 7.96. The summed E-state index contributed by atoms with van der Waals surface area (Å²) < 4.78 is 23.9. The summed E-state index contributed by atoms with van der Waals surface area (Å²) in [4.78, 5) is 13.3. The molecule has 3 aromatic rings. The van der Waals surface area contributed by atoms with Crippen molar-refractivity contribution in [1.82, 2.24) is 0 Å². The van der Waals surface area contributed by atoms with Crippen LogP contribution < -0.4 is 18.9 Å². The lowest BCUT2D eigenvalue weighted by Crippen LogP contribution is -2.16. The highest BCUT2D eigenvalue weighted by molar-refractivity contribution is 9.10. The first-order chi connectivity index (χ1) is 14.7. The summed E-state index contributed by atoms with van der Waals surface area (Å²) in [6.45, 7) is 1.96. The van der Waals surface area contributed by atoms with Crippen molar-refractivity contribution in [3.05, 3.63) is 81.3 Å². The first kappa shape index (κ1) is 19.0. The van der Waals surface area contributed by atoms with Gasteiger partial charge in [-0.3, -0.25) is 4.79 Å². The number of hydrogen-bond acceptors (Lipinski definition) is 5. The van der Waals surface area contributed by atoms with Crippen LogP contribution in [0.3, 0.4) is 0 Å². The molecule has 0 amide bonds. The fraction of sp³-hybridized carbons (Fsp3) is 0.208. The molecule has 0 saturated carbocycles. The minimum absolute atomic E-state index is 0.125.